The summed E-state index contributed by atoms with van der Waals surface area (Å²) in [4.78, 5) is 4.27. The molecule has 6 nitrogen and oxygen atoms in total. The van der Waals surface area contributed by atoms with Gasteiger partial charge in [0, 0.05) is 25.4 Å². The number of morpholine rings is 1. The minimum atomic E-state index is 0.0790. The number of rotatable bonds is 6. The lowest BCUT2D eigenvalue weighted by atomic mass is 10.2. The summed E-state index contributed by atoms with van der Waals surface area (Å²) >= 11 is 0. The van der Waals surface area contributed by atoms with Crippen LogP contribution in [-0.4, -0.2) is 51.1 Å². The average Bonchev–Trinajstić information content (AvgIpc) is 2.47. The van der Waals surface area contributed by atoms with E-state index in [2.05, 4.69) is 10.3 Å². The molecule has 1 fully saturated rings. The topological polar surface area (TPSA) is 61.8 Å². The van der Waals surface area contributed by atoms with Crippen molar-refractivity contribution < 1.29 is 18.9 Å². The van der Waals surface area contributed by atoms with Gasteiger partial charge in [-0.2, -0.15) is 0 Å². The van der Waals surface area contributed by atoms with Crippen LogP contribution < -0.4 is 14.8 Å². The van der Waals surface area contributed by atoms with Crippen LogP contribution in [0.25, 0.3) is 0 Å². The molecule has 0 aromatic carbocycles. The van der Waals surface area contributed by atoms with E-state index in [9.17, 15) is 0 Å². The van der Waals surface area contributed by atoms with Crippen molar-refractivity contribution in [1.29, 1.82) is 0 Å². The molecule has 0 spiro atoms. The van der Waals surface area contributed by atoms with Gasteiger partial charge in [-0.15, -0.1) is 0 Å². The maximum atomic E-state index is 5.76. The monoisotopic (exact) mass is 282 g/mol. The number of nitrogens with zero attached hydrogens (tertiary/aromatic N) is 1. The molecule has 0 saturated carbocycles. The molecule has 0 radical (unpaired) electrons. The van der Waals surface area contributed by atoms with E-state index in [1.54, 1.807) is 26.5 Å². The standard InChI is InChI=1S/C14H22N2O4/c1-10-6-15-7-11(20-10)8-19-9-12-14(18-3)13(17-2)4-5-16-12/h4-5,10-11,15H,6-9H2,1-3H3. The highest BCUT2D eigenvalue weighted by atomic mass is 16.5. The van der Waals surface area contributed by atoms with Crippen molar-refractivity contribution in [2.24, 2.45) is 0 Å². The van der Waals surface area contributed by atoms with Gasteiger partial charge in [0.15, 0.2) is 11.5 Å². The van der Waals surface area contributed by atoms with E-state index >= 15 is 0 Å². The highest BCUT2D eigenvalue weighted by Crippen LogP contribution is 2.29. The SMILES string of the molecule is COc1ccnc(COCC2CNCC(C)O2)c1OC. The van der Waals surface area contributed by atoms with E-state index in [0.717, 1.165) is 18.8 Å². The fourth-order valence-electron chi connectivity index (χ4n) is 2.21. The molecule has 2 atom stereocenters. The van der Waals surface area contributed by atoms with E-state index in [1.807, 2.05) is 6.92 Å². The number of hydrogen-bond acceptors (Lipinski definition) is 6. The fraction of sp³-hybridized carbons (Fsp3) is 0.643. The predicted molar refractivity (Wildman–Crippen MR) is 74.2 cm³/mol. The first-order valence-corrected chi connectivity index (χ1v) is 6.74. The second kappa shape index (κ2) is 7.42. The molecule has 1 aliphatic rings. The lowest BCUT2D eigenvalue weighted by molar-refractivity contribution is -0.0721. The summed E-state index contributed by atoms with van der Waals surface area (Å²) in [6, 6.07) is 1.76. The summed E-state index contributed by atoms with van der Waals surface area (Å²) in [5.41, 5.74) is 0.726. The van der Waals surface area contributed by atoms with Crippen LogP contribution in [0.4, 0.5) is 0 Å². The Hall–Kier alpha value is -1.37. The van der Waals surface area contributed by atoms with Gasteiger partial charge in [-0.25, -0.2) is 0 Å². The molecule has 1 aliphatic heterocycles. The Kier molecular flexibility index (Phi) is 5.58. The lowest BCUT2D eigenvalue weighted by Crippen LogP contribution is -2.45. The highest BCUT2D eigenvalue weighted by molar-refractivity contribution is 5.42. The third-order valence-corrected chi connectivity index (χ3v) is 3.14. The number of nitrogens with one attached hydrogen (secondary N) is 1. The molecule has 0 bridgehead atoms. The third-order valence-electron chi connectivity index (χ3n) is 3.14. The van der Waals surface area contributed by atoms with E-state index in [-0.39, 0.29) is 12.2 Å². The van der Waals surface area contributed by atoms with E-state index in [0.29, 0.717) is 24.7 Å². The third kappa shape index (κ3) is 3.82. The molecule has 20 heavy (non-hydrogen) atoms. The zero-order chi connectivity index (χ0) is 14.4. The van der Waals surface area contributed by atoms with Crippen LogP contribution in [0.15, 0.2) is 12.3 Å². The molecule has 0 amide bonds. The van der Waals surface area contributed by atoms with Crippen LogP contribution in [0.5, 0.6) is 11.5 Å². The molecule has 2 unspecified atom stereocenters. The molecule has 1 aromatic rings. The molecular weight excluding hydrogens is 260 g/mol. The number of aromatic nitrogens is 1. The first-order chi connectivity index (χ1) is 9.74. The molecular formula is C14H22N2O4. The van der Waals surface area contributed by atoms with Crippen molar-refractivity contribution in [3.63, 3.8) is 0 Å². The molecule has 2 heterocycles. The molecule has 6 heteroatoms. The highest BCUT2D eigenvalue weighted by Gasteiger charge is 2.19. The fourth-order valence-corrected chi connectivity index (χ4v) is 2.21. The Morgan fingerprint density at radius 2 is 2.20 bits per heavy atom. The number of hydrogen-bond donors (Lipinski definition) is 1. The van der Waals surface area contributed by atoms with Crippen LogP contribution in [-0.2, 0) is 16.1 Å². The number of pyridine rings is 1. The van der Waals surface area contributed by atoms with Gasteiger partial charge in [-0.05, 0) is 6.92 Å². The smallest absolute Gasteiger partial charge is 0.184 e. The van der Waals surface area contributed by atoms with Crippen LogP contribution in [0.2, 0.25) is 0 Å². The van der Waals surface area contributed by atoms with Crippen molar-refractivity contribution in [3.8, 4) is 11.5 Å². The van der Waals surface area contributed by atoms with Gasteiger partial charge in [0.25, 0.3) is 0 Å². The summed E-state index contributed by atoms with van der Waals surface area (Å²) < 4.78 is 22.0. The quantitative estimate of drug-likeness (QED) is 0.839. The summed E-state index contributed by atoms with van der Waals surface area (Å²) in [7, 11) is 3.20. The molecule has 112 valence electrons. The van der Waals surface area contributed by atoms with Crippen molar-refractivity contribution in [2.45, 2.75) is 25.7 Å². The molecule has 2 rings (SSSR count). The minimum Gasteiger partial charge on any atom is -0.493 e. The number of methoxy groups -OCH3 is 2. The summed E-state index contributed by atoms with van der Waals surface area (Å²) in [5, 5.41) is 3.31. The Labute approximate surface area is 119 Å². The van der Waals surface area contributed by atoms with Gasteiger partial charge in [-0.3, -0.25) is 4.98 Å². The second-order valence-corrected chi connectivity index (χ2v) is 4.74. The van der Waals surface area contributed by atoms with Crippen LogP contribution in [0.1, 0.15) is 12.6 Å². The van der Waals surface area contributed by atoms with Gasteiger partial charge in [0.1, 0.15) is 5.69 Å². The van der Waals surface area contributed by atoms with Crippen LogP contribution in [0, 0.1) is 0 Å². The van der Waals surface area contributed by atoms with Crippen molar-refractivity contribution >= 4 is 0 Å². The second-order valence-electron chi connectivity index (χ2n) is 4.74. The van der Waals surface area contributed by atoms with Crippen LogP contribution >= 0.6 is 0 Å². The van der Waals surface area contributed by atoms with Crippen molar-refractivity contribution in [1.82, 2.24) is 10.3 Å². The Morgan fingerprint density at radius 3 is 2.90 bits per heavy atom. The first-order valence-electron chi connectivity index (χ1n) is 6.74. The Bertz CT molecular complexity index is 428. The largest absolute Gasteiger partial charge is 0.493 e. The molecule has 1 saturated heterocycles. The lowest BCUT2D eigenvalue weighted by Gasteiger charge is -2.28. The van der Waals surface area contributed by atoms with Crippen molar-refractivity contribution in [2.75, 3.05) is 33.9 Å². The van der Waals surface area contributed by atoms with Gasteiger partial charge in [0.2, 0.25) is 0 Å². The summed E-state index contributed by atoms with van der Waals surface area (Å²) in [6.45, 7) is 4.65. The maximum absolute atomic E-state index is 5.76. The zero-order valence-corrected chi connectivity index (χ0v) is 12.2. The number of ether oxygens (including phenoxy) is 4. The van der Waals surface area contributed by atoms with Gasteiger partial charge >= 0.3 is 0 Å². The zero-order valence-electron chi connectivity index (χ0n) is 12.2. The molecule has 1 N–H and O–H groups in total. The van der Waals surface area contributed by atoms with E-state index in [4.69, 9.17) is 18.9 Å². The molecule has 1 aromatic heterocycles. The first kappa shape index (κ1) is 15.0. The van der Waals surface area contributed by atoms with Gasteiger partial charge < -0.3 is 24.3 Å². The average molecular weight is 282 g/mol. The van der Waals surface area contributed by atoms with Gasteiger partial charge in [-0.1, -0.05) is 0 Å². The normalized spacial score (nSPS) is 22.6. The van der Waals surface area contributed by atoms with Crippen LogP contribution in [0.3, 0.4) is 0 Å². The minimum absolute atomic E-state index is 0.0790. The van der Waals surface area contributed by atoms with E-state index < -0.39 is 0 Å². The Balaban J connectivity index is 1.87. The molecule has 0 aliphatic carbocycles. The summed E-state index contributed by atoms with van der Waals surface area (Å²) in [6.07, 6.45) is 1.98. The Morgan fingerprint density at radius 1 is 1.35 bits per heavy atom. The maximum Gasteiger partial charge on any atom is 0.184 e. The van der Waals surface area contributed by atoms with Crippen molar-refractivity contribution in [3.05, 3.63) is 18.0 Å². The van der Waals surface area contributed by atoms with Gasteiger partial charge in [0.05, 0.1) is 39.6 Å². The predicted octanol–water partition coefficient (Wildman–Crippen LogP) is 0.992. The van der Waals surface area contributed by atoms with E-state index in [1.165, 1.54) is 0 Å². The summed E-state index contributed by atoms with van der Waals surface area (Å²) in [5.74, 6) is 1.27.